The molecule has 3 heteroatoms. The highest BCUT2D eigenvalue weighted by Crippen LogP contribution is 2.18. The van der Waals surface area contributed by atoms with Gasteiger partial charge in [0, 0.05) is 22.6 Å². The summed E-state index contributed by atoms with van der Waals surface area (Å²) in [7, 11) is 0. The van der Waals surface area contributed by atoms with Crippen LogP contribution in [0.15, 0.2) is 51.7 Å². The molecular formula is C13H14BrNO. The van der Waals surface area contributed by atoms with Gasteiger partial charge >= 0.3 is 0 Å². The van der Waals surface area contributed by atoms with E-state index in [-0.39, 0.29) is 0 Å². The Morgan fingerprint density at radius 1 is 1.31 bits per heavy atom. The van der Waals surface area contributed by atoms with Gasteiger partial charge in [0.2, 0.25) is 0 Å². The van der Waals surface area contributed by atoms with Crippen molar-refractivity contribution in [2.24, 2.45) is 0 Å². The molecule has 0 fully saturated rings. The van der Waals surface area contributed by atoms with Crippen LogP contribution in [0.4, 0.5) is 0 Å². The van der Waals surface area contributed by atoms with Crippen LogP contribution in [0.5, 0.6) is 0 Å². The average Bonchev–Trinajstić information content (AvgIpc) is 2.81. The van der Waals surface area contributed by atoms with E-state index < -0.39 is 0 Å². The van der Waals surface area contributed by atoms with Gasteiger partial charge in [-0.05, 0) is 24.6 Å². The van der Waals surface area contributed by atoms with Crippen molar-refractivity contribution in [3.63, 3.8) is 0 Å². The third-order valence-electron chi connectivity index (χ3n) is 2.60. The summed E-state index contributed by atoms with van der Waals surface area (Å²) in [5.74, 6) is 0. The Morgan fingerprint density at radius 2 is 2.12 bits per heavy atom. The van der Waals surface area contributed by atoms with Crippen molar-refractivity contribution in [2.45, 2.75) is 19.5 Å². The third-order valence-corrected chi connectivity index (χ3v) is 3.37. The number of furan rings is 1. The molecule has 0 aliphatic heterocycles. The maximum atomic E-state index is 5.06. The van der Waals surface area contributed by atoms with Crippen LogP contribution >= 0.6 is 15.9 Å². The first-order valence-corrected chi connectivity index (χ1v) is 6.05. The molecular weight excluding hydrogens is 266 g/mol. The third kappa shape index (κ3) is 2.74. The molecule has 1 N–H and O–H groups in total. The van der Waals surface area contributed by atoms with Gasteiger partial charge in [-0.2, -0.15) is 0 Å². The zero-order chi connectivity index (χ0) is 11.4. The second-order valence-electron chi connectivity index (χ2n) is 3.75. The van der Waals surface area contributed by atoms with Crippen LogP contribution in [-0.2, 0) is 6.54 Å². The molecule has 16 heavy (non-hydrogen) atoms. The number of halogens is 1. The lowest BCUT2D eigenvalue weighted by atomic mass is 10.1. The van der Waals surface area contributed by atoms with E-state index in [1.807, 2.05) is 18.2 Å². The first-order valence-electron chi connectivity index (χ1n) is 5.26. The molecule has 0 bridgehead atoms. The molecule has 0 aliphatic carbocycles. The Labute approximate surface area is 104 Å². The van der Waals surface area contributed by atoms with Crippen LogP contribution in [0.2, 0.25) is 0 Å². The van der Waals surface area contributed by atoms with Crippen molar-refractivity contribution >= 4 is 15.9 Å². The number of hydrogen-bond donors (Lipinski definition) is 1. The number of rotatable bonds is 4. The monoisotopic (exact) mass is 279 g/mol. The lowest BCUT2D eigenvalue weighted by Crippen LogP contribution is -2.17. The van der Waals surface area contributed by atoms with E-state index in [1.54, 1.807) is 12.5 Å². The van der Waals surface area contributed by atoms with Crippen molar-refractivity contribution in [3.8, 4) is 0 Å². The Hall–Kier alpha value is -1.06. The number of nitrogens with one attached hydrogen (secondary N) is 1. The van der Waals surface area contributed by atoms with E-state index in [0.717, 1.165) is 11.0 Å². The molecule has 0 saturated heterocycles. The minimum absolute atomic E-state index is 0.297. The van der Waals surface area contributed by atoms with E-state index in [1.165, 1.54) is 11.1 Å². The van der Waals surface area contributed by atoms with E-state index in [4.69, 9.17) is 4.42 Å². The lowest BCUT2D eigenvalue weighted by molar-refractivity contribution is 0.538. The van der Waals surface area contributed by atoms with Gasteiger partial charge in [0.1, 0.15) is 0 Å². The van der Waals surface area contributed by atoms with Crippen LogP contribution in [0.25, 0.3) is 0 Å². The smallest absolute Gasteiger partial charge is 0.0950 e. The summed E-state index contributed by atoms with van der Waals surface area (Å²) in [5, 5.41) is 3.45. The normalized spacial score (nSPS) is 12.6. The van der Waals surface area contributed by atoms with Crippen LogP contribution in [0.3, 0.4) is 0 Å². The summed E-state index contributed by atoms with van der Waals surface area (Å²) in [6.45, 7) is 2.97. The Morgan fingerprint density at radius 3 is 2.81 bits per heavy atom. The van der Waals surface area contributed by atoms with Gasteiger partial charge in [-0.1, -0.05) is 34.1 Å². The molecule has 2 nitrogen and oxygen atoms in total. The van der Waals surface area contributed by atoms with Gasteiger partial charge < -0.3 is 9.73 Å². The second-order valence-corrected chi connectivity index (χ2v) is 4.61. The topological polar surface area (TPSA) is 25.2 Å². The van der Waals surface area contributed by atoms with Gasteiger partial charge in [0.05, 0.1) is 12.5 Å². The lowest BCUT2D eigenvalue weighted by Gasteiger charge is -2.12. The van der Waals surface area contributed by atoms with Crippen LogP contribution in [0.1, 0.15) is 24.1 Å². The highest BCUT2D eigenvalue weighted by molar-refractivity contribution is 9.10. The van der Waals surface area contributed by atoms with E-state index >= 15 is 0 Å². The van der Waals surface area contributed by atoms with Gasteiger partial charge in [-0.25, -0.2) is 0 Å². The van der Waals surface area contributed by atoms with E-state index in [2.05, 4.69) is 40.3 Å². The predicted octanol–water partition coefficient (Wildman–Crippen LogP) is 3.89. The van der Waals surface area contributed by atoms with Gasteiger partial charge in [0.15, 0.2) is 0 Å². The molecule has 2 aromatic rings. The Bertz CT molecular complexity index is 439. The molecule has 0 aliphatic rings. The van der Waals surface area contributed by atoms with Crippen LogP contribution < -0.4 is 5.32 Å². The van der Waals surface area contributed by atoms with Crippen molar-refractivity contribution in [2.75, 3.05) is 0 Å². The highest BCUT2D eigenvalue weighted by Gasteiger charge is 2.06. The predicted molar refractivity (Wildman–Crippen MR) is 68.1 cm³/mol. The first-order chi connectivity index (χ1) is 7.77. The molecule has 84 valence electrons. The first kappa shape index (κ1) is 11.4. The number of benzene rings is 1. The molecule has 2 rings (SSSR count). The molecule has 1 unspecified atom stereocenters. The SMILES string of the molecule is CC(NCc1ccccc1Br)c1ccoc1. The summed E-state index contributed by atoms with van der Waals surface area (Å²) in [5.41, 5.74) is 2.44. The van der Waals surface area contributed by atoms with E-state index in [0.29, 0.717) is 6.04 Å². The van der Waals surface area contributed by atoms with E-state index in [9.17, 15) is 0 Å². The molecule has 0 saturated carbocycles. The summed E-state index contributed by atoms with van der Waals surface area (Å²) < 4.78 is 6.20. The zero-order valence-electron chi connectivity index (χ0n) is 9.11. The van der Waals surface area contributed by atoms with Crippen molar-refractivity contribution in [1.82, 2.24) is 5.32 Å². The molecule has 1 aromatic heterocycles. The molecule has 0 radical (unpaired) electrons. The Balaban J connectivity index is 1.95. The molecule has 1 atom stereocenters. The van der Waals surface area contributed by atoms with Crippen molar-refractivity contribution in [3.05, 3.63) is 58.5 Å². The second kappa shape index (κ2) is 5.32. The fourth-order valence-corrected chi connectivity index (χ4v) is 1.97. The molecule has 1 heterocycles. The molecule has 0 amide bonds. The average molecular weight is 280 g/mol. The highest BCUT2D eigenvalue weighted by atomic mass is 79.9. The summed E-state index contributed by atoms with van der Waals surface area (Å²) in [6.07, 6.45) is 3.48. The quantitative estimate of drug-likeness (QED) is 0.919. The fourth-order valence-electron chi connectivity index (χ4n) is 1.54. The fraction of sp³-hybridized carbons (Fsp3) is 0.231. The summed E-state index contributed by atoms with van der Waals surface area (Å²) in [6, 6.07) is 10.5. The van der Waals surface area contributed by atoms with Crippen LogP contribution in [-0.4, -0.2) is 0 Å². The molecule has 0 spiro atoms. The summed E-state index contributed by atoms with van der Waals surface area (Å²) in [4.78, 5) is 0. The minimum atomic E-state index is 0.297. The van der Waals surface area contributed by atoms with Crippen molar-refractivity contribution in [1.29, 1.82) is 0 Å². The Kier molecular flexibility index (Phi) is 3.80. The van der Waals surface area contributed by atoms with Crippen molar-refractivity contribution < 1.29 is 4.42 Å². The molecule has 1 aromatic carbocycles. The van der Waals surface area contributed by atoms with Gasteiger partial charge in [-0.15, -0.1) is 0 Å². The maximum Gasteiger partial charge on any atom is 0.0950 e. The zero-order valence-corrected chi connectivity index (χ0v) is 10.7. The minimum Gasteiger partial charge on any atom is -0.472 e. The van der Waals surface area contributed by atoms with Gasteiger partial charge in [-0.3, -0.25) is 0 Å². The largest absolute Gasteiger partial charge is 0.472 e. The number of hydrogen-bond acceptors (Lipinski definition) is 2. The maximum absolute atomic E-state index is 5.06. The standard InChI is InChI=1S/C13H14BrNO/c1-10(12-6-7-16-9-12)15-8-11-4-2-3-5-13(11)14/h2-7,9-10,15H,8H2,1H3. The van der Waals surface area contributed by atoms with Crippen LogP contribution in [0, 0.1) is 0 Å². The summed E-state index contributed by atoms with van der Waals surface area (Å²) >= 11 is 3.54. The van der Waals surface area contributed by atoms with Gasteiger partial charge in [0.25, 0.3) is 0 Å².